The summed E-state index contributed by atoms with van der Waals surface area (Å²) in [6.07, 6.45) is 0. The lowest BCUT2D eigenvalue weighted by Gasteiger charge is -2.08. The average Bonchev–Trinajstić information content (AvgIpc) is 2.59. The lowest BCUT2D eigenvalue weighted by atomic mass is 9.98. The van der Waals surface area contributed by atoms with Crippen LogP contribution in [0.3, 0.4) is 0 Å². The van der Waals surface area contributed by atoms with Gasteiger partial charge in [0.05, 0.1) is 5.69 Å². The number of halogens is 1. The first kappa shape index (κ1) is 13.0. The molecule has 18 heavy (non-hydrogen) atoms. The molecular formula is C14H18ClN3. The third kappa shape index (κ3) is 2.10. The molecule has 2 aromatic rings. The molecule has 4 heteroatoms. The Hall–Kier alpha value is -1.48. The van der Waals surface area contributed by atoms with Crippen molar-refractivity contribution in [2.24, 2.45) is 7.05 Å². The van der Waals surface area contributed by atoms with Gasteiger partial charge in [-0.2, -0.15) is 5.10 Å². The Morgan fingerprint density at radius 2 is 2.00 bits per heavy atom. The van der Waals surface area contributed by atoms with Crippen LogP contribution in [0, 0.1) is 6.92 Å². The first-order valence-corrected chi connectivity index (χ1v) is 6.38. The minimum atomic E-state index is 0.338. The fourth-order valence-electron chi connectivity index (χ4n) is 2.13. The molecule has 1 aromatic carbocycles. The Morgan fingerprint density at radius 3 is 2.56 bits per heavy atom. The summed E-state index contributed by atoms with van der Waals surface area (Å²) in [6.45, 7) is 6.24. The molecule has 96 valence electrons. The molecule has 1 heterocycles. The van der Waals surface area contributed by atoms with Crippen LogP contribution < -0.4 is 5.73 Å². The number of hydrogen-bond acceptors (Lipinski definition) is 2. The topological polar surface area (TPSA) is 43.8 Å². The summed E-state index contributed by atoms with van der Waals surface area (Å²) in [4.78, 5) is 0. The average molecular weight is 264 g/mol. The Morgan fingerprint density at radius 1 is 1.33 bits per heavy atom. The summed E-state index contributed by atoms with van der Waals surface area (Å²) >= 11 is 6.06. The number of anilines is 1. The summed E-state index contributed by atoms with van der Waals surface area (Å²) in [5.74, 6) is 1.07. The Bertz CT molecular complexity index is 585. The van der Waals surface area contributed by atoms with E-state index in [2.05, 4.69) is 25.0 Å². The predicted octanol–water partition coefficient (Wildman–Crippen LogP) is 3.75. The highest BCUT2D eigenvalue weighted by atomic mass is 35.5. The summed E-state index contributed by atoms with van der Waals surface area (Å²) in [5, 5.41) is 5.29. The first-order chi connectivity index (χ1) is 8.41. The zero-order chi connectivity index (χ0) is 13.4. The van der Waals surface area contributed by atoms with Crippen molar-refractivity contribution in [3.8, 4) is 11.3 Å². The maximum atomic E-state index is 6.08. The van der Waals surface area contributed by atoms with E-state index in [1.165, 1.54) is 0 Å². The van der Waals surface area contributed by atoms with Crippen molar-refractivity contribution in [3.63, 3.8) is 0 Å². The number of aromatic nitrogens is 2. The molecule has 2 rings (SSSR count). The molecular weight excluding hydrogens is 246 g/mol. The van der Waals surface area contributed by atoms with Crippen LogP contribution in [-0.4, -0.2) is 9.78 Å². The van der Waals surface area contributed by atoms with E-state index in [9.17, 15) is 0 Å². The van der Waals surface area contributed by atoms with Gasteiger partial charge in [-0.15, -0.1) is 0 Å². The standard InChI is InChI=1S/C14H18ClN3/c1-8(2)12-13(17-18(4)14(12)16)10-5-6-11(15)9(3)7-10/h5-8H,16H2,1-4H3. The third-order valence-electron chi connectivity index (χ3n) is 3.14. The van der Waals surface area contributed by atoms with Crippen LogP contribution in [0.2, 0.25) is 5.02 Å². The summed E-state index contributed by atoms with van der Waals surface area (Å²) < 4.78 is 1.73. The van der Waals surface area contributed by atoms with Gasteiger partial charge in [0.2, 0.25) is 0 Å². The zero-order valence-corrected chi connectivity index (χ0v) is 11.9. The summed E-state index contributed by atoms with van der Waals surface area (Å²) in [7, 11) is 1.87. The molecule has 0 fully saturated rings. The largest absolute Gasteiger partial charge is 0.384 e. The van der Waals surface area contributed by atoms with Crippen molar-refractivity contribution in [1.82, 2.24) is 9.78 Å². The maximum absolute atomic E-state index is 6.08. The number of nitrogens with two attached hydrogens (primary N) is 1. The van der Waals surface area contributed by atoms with Crippen LogP contribution in [0.15, 0.2) is 18.2 Å². The molecule has 2 N–H and O–H groups in total. The Labute approximate surface area is 113 Å². The SMILES string of the molecule is Cc1cc(-c2nn(C)c(N)c2C(C)C)ccc1Cl. The molecule has 1 aromatic heterocycles. The second kappa shape index (κ2) is 4.65. The van der Waals surface area contributed by atoms with Crippen molar-refractivity contribution in [1.29, 1.82) is 0 Å². The molecule has 0 aliphatic rings. The number of nitrogens with zero attached hydrogens (tertiary/aromatic N) is 2. The van der Waals surface area contributed by atoms with E-state index in [0.29, 0.717) is 5.92 Å². The summed E-state index contributed by atoms with van der Waals surface area (Å²) in [6, 6.07) is 5.94. The Balaban J connectivity index is 2.63. The van der Waals surface area contributed by atoms with E-state index < -0.39 is 0 Å². The highest BCUT2D eigenvalue weighted by molar-refractivity contribution is 6.31. The summed E-state index contributed by atoms with van der Waals surface area (Å²) in [5.41, 5.74) is 10.2. The van der Waals surface area contributed by atoms with Gasteiger partial charge < -0.3 is 5.73 Å². The number of aryl methyl sites for hydroxylation is 2. The van der Waals surface area contributed by atoms with Gasteiger partial charge in [0.25, 0.3) is 0 Å². The highest BCUT2D eigenvalue weighted by Crippen LogP contribution is 2.33. The van der Waals surface area contributed by atoms with E-state index in [1.807, 2.05) is 26.1 Å². The fourth-order valence-corrected chi connectivity index (χ4v) is 2.25. The molecule has 3 nitrogen and oxygen atoms in total. The zero-order valence-electron chi connectivity index (χ0n) is 11.2. The van der Waals surface area contributed by atoms with Crippen molar-refractivity contribution < 1.29 is 0 Å². The number of nitrogen functional groups attached to an aromatic ring is 1. The predicted molar refractivity (Wildman–Crippen MR) is 76.9 cm³/mol. The highest BCUT2D eigenvalue weighted by Gasteiger charge is 2.18. The first-order valence-electron chi connectivity index (χ1n) is 6.00. The number of rotatable bonds is 2. The molecule has 0 aliphatic carbocycles. The minimum Gasteiger partial charge on any atom is -0.384 e. The van der Waals surface area contributed by atoms with Gasteiger partial charge >= 0.3 is 0 Å². The lowest BCUT2D eigenvalue weighted by Crippen LogP contribution is -2.00. The Kier molecular flexibility index (Phi) is 3.35. The molecule has 0 spiro atoms. The molecule has 0 radical (unpaired) electrons. The molecule has 0 aliphatic heterocycles. The van der Waals surface area contributed by atoms with Gasteiger partial charge in [0.1, 0.15) is 5.82 Å². The van der Waals surface area contributed by atoms with E-state index in [0.717, 1.165) is 33.2 Å². The monoisotopic (exact) mass is 263 g/mol. The van der Waals surface area contributed by atoms with E-state index in [4.69, 9.17) is 17.3 Å². The fraction of sp³-hybridized carbons (Fsp3) is 0.357. The van der Waals surface area contributed by atoms with Gasteiger partial charge in [0.15, 0.2) is 0 Å². The van der Waals surface area contributed by atoms with Gasteiger partial charge in [-0.25, -0.2) is 0 Å². The molecule has 0 unspecified atom stereocenters. The number of hydrogen-bond donors (Lipinski definition) is 1. The second-order valence-electron chi connectivity index (χ2n) is 4.89. The lowest BCUT2D eigenvalue weighted by molar-refractivity contribution is 0.780. The van der Waals surface area contributed by atoms with Crippen molar-refractivity contribution in [2.75, 3.05) is 5.73 Å². The molecule has 0 amide bonds. The quantitative estimate of drug-likeness (QED) is 0.897. The van der Waals surface area contributed by atoms with Crippen molar-refractivity contribution in [2.45, 2.75) is 26.7 Å². The molecule has 0 saturated heterocycles. The second-order valence-corrected chi connectivity index (χ2v) is 5.30. The molecule has 0 bridgehead atoms. The third-order valence-corrected chi connectivity index (χ3v) is 3.56. The minimum absolute atomic E-state index is 0.338. The van der Waals surface area contributed by atoms with Gasteiger partial charge in [-0.3, -0.25) is 4.68 Å². The molecule has 0 saturated carbocycles. The smallest absolute Gasteiger partial charge is 0.125 e. The van der Waals surface area contributed by atoms with Crippen LogP contribution in [0.1, 0.15) is 30.9 Å². The van der Waals surface area contributed by atoms with Crippen LogP contribution in [0.25, 0.3) is 11.3 Å². The van der Waals surface area contributed by atoms with Gasteiger partial charge in [-0.1, -0.05) is 31.5 Å². The van der Waals surface area contributed by atoms with E-state index in [1.54, 1.807) is 4.68 Å². The maximum Gasteiger partial charge on any atom is 0.125 e. The van der Waals surface area contributed by atoms with Crippen molar-refractivity contribution >= 4 is 17.4 Å². The number of benzene rings is 1. The van der Waals surface area contributed by atoms with Crippen LogP contribution in [0.4, 0.5) is 5.82 Å². The normalized spacial score (nSPS) is 11.2. The van der Waals surface area contributed by atoms with Gasteiger partial charge in [-0.05, 0) is 30.5 Å². The van der Waals surface area contributed by atoms with E-state index >= 15 is 0 Å². The van der Waals surface area contributed by atoms with Crippen molar-refractivity contribution in [3.05, 3.63) is 34.3 Å². The van der Waals surface area contributed by atoms with E-state index in [-0.39, 0.29) is 0 Å². The van der Waals surface area contributed by atoms with Crippen LogP contribution >= 0.6 is 11.6 Å². The van der Waals surface area contributed by atoms with Gasteiger partial charge in [0, 0.05) is 23.2 Å². The molecule has 0 atom stereocenters. The van der Waals surface area contributed by atoms with Crippen LogP contribution in [-0.2, 0) is 7.05 Å². The van der Waals surface area contributed by atoms with Crippen LogP contribution in [0.5, 0.6) is 0 Å².